The molecule has 1 amide bonds. The standard InChI is InChI=1S/C18H18F3NO4/c1-24-14-8-12(9-15(25-2)16(14)26-3)17(23)22-10-11-6-4-5-7-13(11)18(19,20)21/h4-9H,10H2,1-3H3,(H,22,23). The normalized spacial score (nSPS) is 11.0. The van der Waals surface area contributed by atoms with Gasteiger partial charge in [0.05, 0.1) is 26.9 Å². The maximum atomic E-state index is 13.0. The summed E-state index contributed by atoms with van der Waals surface area (Å²) in [6, 6.07) is 7.92. The van der Waals surface area contributed by atoms with Gasteiger partial charge in [-0.05, 0) is 23.8 Å². The number of carbonyl (C=O) groups is 1. The lowest BCUT2D eigenvalue weighted by Gasteiger charge is -2.15. The van der Waals surface area contributed by atoms with Crippen molar-refractivity contribution < 1.29 is 32.2 Å². The van der Waals surface area contributed by atoms with Crippen LogP contribution in [0.25, 0.3) is 0 Å². The highest BCUT2D eigenvalue weighted by Crippen LogP contribution is 2.38. The molecule has 8 heteroatoms. The van der Waals surface area contributed by atoms with Gasteiger partial charge in [-0.25, -0.2) is 0 Å². The molecule has 0 bridgehead atoms. The van der Waals surface area contributed by atoms with Crippen LogP contribution < -0.4 is 19.5 Å². The molecule has 0 saturated carbocycles. The van der Waals surface area contributed by atoms with Crippen LogP contribution in [-0.4, -0.2) is 27.2 Å². The molecule has 0 aliphatic heterocycles. The van der Waals surface area contributed by atoms with E-state index in [1.54, 1.807) is 0 Å². The van der Waals surface area contributed by atoms with E-state index in [1.165, 1.54) is 51.7 Å². The van der Waals surface area contributed by atoms with E-state index < -0.39 is 17.6 Å². The molecule has 1 N–H and O–H groups in total. The quantitative estimate of drug-likeness (QED) is 0.844. The summed E-state index contributed by atoms with van der Waals surface area (Å²) in [5, 5.41) is 2.48. The van der Waals surface area contributed by atoms with E-state index in [4.69, 9.17) is 14.2 Å². The first-order valence-electron chi connectivity index (χ1n) is 7.55. The number of amides is 1. The van der Waals surface area contributed by atoms with Gasteiger partial charge in [-0.3, -0.25) is 4.79 Å². The number of benzene rings is 2. The number of rotatable bonds is 6. The highest BCUT2D eigenvalue weighted by Gasteiger charge is 2.32. The number of carbonyl (C=O) groups excluding carboxylic acids is 1. The molecular formula is C18H18F3NO4. The van der Waals surface area contributed by atoms with Gasteiger partial charge >= 0.3 is 6.18 Å². The van der Waals surface area contributed by atoms with Gasteiger partial charge in [-0.15, -0.1) is 0 Å². The first kappa shape index (κ1) is 19.4. The lowest BCUT2D eigenvalue weighted by atomic mass is 10.1. The van der Waals surface area contributed by atoms with Crippen molar-refractivity contribution in [2.75, 3.05) is 21.3 Å². The number of halogens is 3. The zero-order valence-electron chi connectivity index (χ0n) is 14.4. The fraction of sp³-hybridized carbons (Fsp3) is 0.278. The Morgan fingerprint density at radius 2 is 1.58 bits per heavy atom. The Hall–Kier alpha value is -2.90. The Morgan fingerprint density at radius 3 is 2.08 bits per heavy atom. The van der Waals surface area contributed by atoms with Gasteiger partial charge < -0.3 is 19.5 Å². The predicted octanol–water partition coefficient (Wildman–Crippen LogP) is 3.66. The van der Waals surface area contributed by atoms with Crippen molar-refractivity contribution in [1.29, 1.82) is 0 Å². The van der Waals surface area contributed by atoms with Gasteiger partial charge in [0.1, 0.15) is 0 Å². The van der Waals surface area contributed by atoms with Gasteiger partial charge in [0.2, 0.25) is 5.75 Å². The van der Waals surface area contributed by atoms with Crippen LogP contribution in [0.5, 0.6) is 17.2 Å². The molecule has 0 aromatic heterocycles. The fourth-order valence-corrected chi connectivity index (χ4v) is 2.44. The summed E-state index contributed by atoms with van der Waals surface area (Å²) in [7, 11) is 4.23. The summed E-state index contributed by atoms with van der Waals surface area (Å²) in [4.78, 5) is 12.4. The Bertz CT molecular complexity index is 765. The molecule has 140 valence electrons. The van der Waals surface area contributed by atoms with Crippen molar-refractivity contribution in [3.8, 4) is 17.2 Å². The minimum atomic E-state index is -4.49. The Morgan fingerprint density at radius 1 is 1.00 bits per heavy atom. The van der Waals surface area contributed by atoms with Crippen molar-refractivity contribution in [3.05, 3.63) is 53.1 Å². The topological polar surface area (TPSA) is 56.8 Å². The smallest absolute Gasteiger partial charge is 0.416 e. The zero-order chi connectivity index (χ0) is 19.3. The average Bonchev–Trinajstić information content (AvgIpc) is 2.64. The maximum absolute atomic E-state index is 13.0. The van der Waals surface area contributed by atoms with E-state index in [-0.39, 0.29) is 29.2 Å². The second kappa shape index (κ2) is 7.99. The Kier molecular flexibility index (Phi) is 5.97. The van der Waals surface area contributed by atoms with Crippen molar-refractivity contribution in [1.82, 2.24) is 5.32 Å². The van der Waals surface area contributed by atoms with Crippen LogP contribution >= 0.6 is 0 Å². The molecule has 0 spiro atoms. The van der Waals surface area contributed by atoms with E-state index in [1.807, 2.05) is 0 Å². The summed E-state index contributed by atoms with van der Waals surface area (Å²) in [6.45, 7) is -0.273. The average molecular weight is 369 g/mol. The highest BCUT2D eigenvalue weighted by molar-refractivity contribution is 5.95. The molecule has 5 nitrogen and oxygen atoms in total. The van der Waals surface area contributed by atoms with E-state index in [9.17, 15) is 18.0 Å². The Labute approximate surface area is 148 Å². The number of methoxy groups -OCH3 is 3. The monoisotopic (exact) mass is 369 g/mol. The predicted molar refractivity (Wildman–Crippen MR) is 88.7 cm³/mol. The van der Waals surface area contributed by atoms with Crippen LogP contribution in [0.1, 0.15) is 21.5 Å². The summed E-state index contributed by atoms with van der Waals surface area (Å²) in [6.07, 6.45) is -4.49. The minimum absolute atomic E-state index is 0.0270. The molecule has 2 rings (SSSR count). The van der Waals surface area contributed by atoms with Crippen LogP contribution in [-0.2, 0) is 12.7 Å². The number of alkyl halides is 3. The number of hydrogen-bond acceptors (Lipinski definition) is 4. The van der Waals surface area contributed by atoms with Crippen molar-refractivity contribution in [2.24, 2.45) is 0 Å². The zero-order valence-corrected chi connectivity index (χ0v) is 14.4. The third-order valence-corrected chi connectivity index (χ3v) is 3.69. The second-order valence-electron chi connectivity index (χ2n) is 5.25. The molecule has 0 saturated heterocycles. The highest BCUT2D eigenvalue weighted by atomic mass is 19.4. The SMILES string of the molecule is COc1cc(C(=O)NCc2ccccc2C(F)(F)F)cc(OC)c1OC. The van der Waals surface area contributed by atoms with Gasteiger partial charge in [0.15, 0.2) is 11.5 Å². The lowest BCUT2D eigenvalue weighted by molar-refractivity contribution is -0.138. The van der Waals surface area contributed by atoms with Crippen LogP contribution in [0, 0.1) is 0 Å². The van der Waals surface area contributed by atoms with Gasteiger partial charge in [0.25, 0.3) is 5.91 Å². The largest absolute Gasteiger partial charge is 0.493 e. The molecule has 0 heterocycles. The van der Waals surface area contributed by atoms with Crippen LogP contribution in [0.15, 0.2) is 36.4 Å². The van der Waals surface area contributed by atoms with E-state index >= 15 is 0 Å². The molecule has 0 radical (unpaired) electrons. The van der Waals surface area contributed by atoms with E-state index in [2.05, 4.69) is 5.32 Å². The third kappa shape index (κ3) is 4.19. The van der Waals surface area contributed by atoms with E-state index in [0.717, 1.165) is 6.07 Å². The molecule has 0 atom stereocenters. The number of nitrogens with one attached hydrogen (secondary N) is 1. The molecule has 2 aromatic rings. The van der Waals surface area contributed by atoms with Crippen molar-refractivity contribution in [2.45, 2.75) is 12.7 Å². The summed E-state index contributed by atoms with van der Waals surface area (Å²) in [5.74, 6) is 0.288. The second-order valence-corrected chi connectivity index (χ2v) is 5.25. The minimum Gasteiger partial charge on any atom is -0.493 e. The molecular weight excluding hydrogens is 351 g/mol. The fourth-order valence-electron chi connectivity index (χ4n) is 2.44. The number of ether oxygens (including phenoxy) is 3. The molecule has 2 aromatic carbocycles. The van der Waals surface area contributed by atoms with Crippen LogP contribution in [0.2, 0.25) is 0 Å². The molecule has 0 fully saturated rings. The van der Waals surface area contributed by atoms with E-state index in [0.29, 0.717) is 5.75 Å². The third-order valence-electron chi connectivity index (χ3n) is 3.69. The van der Waals surface area contributed by atoms with Crippen LogP contribution in [0.3, 0.4) is 0 Å². The first-order chi connectivity index (χ1) is 12.3. The van der Waals surface area contributed by atoms with Gasteiger partial charge in [0, 0.05) is 12.1 Å². The summed E-state index contributed by atoms with van der Waals surface area (Å²) in [5.41, 5.74) is -0.644. The van der Waals surface area contributed by atoms with Crippen molar-refractivity contribution in [3.63, 3.8) is 0 Å². The molecule has 0 aliphatic rings. The molecule has 26 heavy (non-hydrogen) atoms. The van der Waals surface area contributed by atoms with Crippen LogP contribution in [0.4, 0.5) is 13.2 Å². The summed E-state index contributed by atoms with van der Waals surface area (Å²) < 4.78 is 54.5. The number of hydrogen-bond donors (Lipinski definition) is 1. The molecule has 0 unspecified atom stereocenters. The maximum Gasteiger partial charge on any atom is 0.416 e. The van der Waals surface area contributed by atoms with Crippen molar-refractivity contribution >= 4 is 5.91 Å². The Balaban J connectivity index is 2.24. The summed E-state index contributed by atoms with van der Waals surface area (Å²) >= 11 is 0. The van der Waals surface area contributed by atoms with Gasteiger partial charge in [-0.1, -0.05) is 18.2 Å². The lowest BCUT2D eigenvalue weighted by Crippen LogP contribution is -2.24. The first-order valence-corrected chi connectivity index (χ1v) is 7.55. The van der Waals surface area contributed by atoms with Gasteiger partial charge in [-0.2, -0.15) is 13.2 Å². The molecule has 0 aliphatic carbocycles.